The third-order valence-electron chi connectivity index (χ3n) is 4.76. The maximum Gasteiger partial charge on any atom is 0.261 e. The fraction of sp³-hybridized carbons (Fsp3) is 0.458. The van der Waals surface area contributed by atoms with Gasteiger partial charge in [-0.2, -0.15) is 0 Å². The molecule has 0 aliphatic heterocycles. The minimum absolute atomic E-state index is 0.0650. The summed E-state index contributed by atoms with van der Waals surface area (Å²) in [5, 5.41) is 3.17. The molecule has 0 saturated heterocycles. The van der Waals surface area contributed by atoms with Crippen LogP contribution in [0.2, 0.25) is 0 Å². The first-order valence-electron chi connectivity index (χ1n) is 10.0. The summed E-state index contributed by atoms with van der Waals surface area (Å²) in [5.41, 5.74) is 2.17. The molecular weight excluding hydrogens is 350 g/mol. The van der Waals surface area contributed by atoms with Crippen LogP contribution in [0, 0.1) is 5.92 Å². The Labute approximate surface area is 169 Å². The van der Waals surface area contributed by atoms with Crippen LogP contribution in [0.15, 0.2) is 48.5 Å². The summed E-state index contributed by atoms with van der Waals surface area (Å²) in [6.45, 7) is 10.3. The molecule has 4 nitrogen and oxygen atoms in total. The van der Waals surface area contributed by atoms with Gasteiger partial charge in [-0.1, -0.05) is 58.0 Å². The van der Waals surface area contributed by atoms with Gasteiger partial charge in [-0.3, -0.25) is 4.79 Å². The number of methoxy groups -OCH3 is 1. The second kappa shape index (κ2) is 10.2. The first-order chi connectivity index (χ1) is 13.3. The van der Waals surface area contributed by atoms with E-state index in [1.54, 1.807) is 14.0 Å². The van der Waals surface area contributed by atoms with E-state index in [-0.39, 0.29) is 11.9 Å². The number of benzene rings is 2. The summed E-state index contributed by atoms with van der Waals surface area (Å²) in [6, 6.07) is 15.7. The van der Waals surface area contributed by atoms with E-state index in [0.717, 1.165) is 29.0 Å². The number of rotatable bonds is 9. The lowest BCUT2D eigenvalue weighted by Gasteiger charge is -2.24. The molecule has 0 heterocycles. The van der Waals surface area contributed by atoms with Crippen molar-refractivity contribution in [2.45, 2.75) is 59.1 Å². The maximum absolute atomic E-state index is 12.9. The Morgan fingerprint density at radius 3 is 2.18 bits per heavy atom. The van der Waals surface area contributed by atoms with E-state index in [9.17, 15) is 4.79 Å². The molecule has 0 aromatic heterocycles. The van der Waals surface area contributed by atoms with Gasteiger partial charge in [0.1, 0.15) is 11.5 Å². The quantitative estimate of drug-likeness (QED) is 0.623. The minimum Gasteiger partial charge on any atom is -0.497 e. The van der Waals surface area contributed by atoms with E-state index in [0.29, 0.717) is 11.8 Å². The molecule has 1 amide bonds. The van der Waals surface area contributed by atoms with Gasteiger partial charge in [0, 0.05) is 0 Å². The third-order valence-corrected chi connectivity index (χ3v) is 4.76. The van der Waals surface area contributed by atoms with Crippen LogP contribution in [0.3, 0.4) is 0 Å². The average molecular weight is 384 g/mol. The van der Waals surface area contributed by atoms with Crippen molar-refractivity contribution in [3.63, 3.8) is 0 Å². The number of para-hydroxylation sites is 1. The van der Waals surface area contributed by atoms with E-state index in [2.05, 4.69) is 33.0 Å². The molecule has 4 heteroatoms. The van der Waals surface area contributed by atoms with Crippen molar-refractivity contribution in [2.75, 3.05) is 7.11 Å². The number of amides is 1. The van der Waals surface area contributed by atoms with E-state index < -0.39 is 6.10 Å². The highest BCUT2D eigenvalue weighted by atomic mass is 16.5. The molecule has 1 N–H and O–H groups in total. The van der Waals surface area contributed by atoms with Gasteiger partial charge in [0.2, 0.25) is 0 Å². The minimum atomic E-state index is -0.576. The molecule has 0 fully saturated rings. The molecule has 0 bridgehead atoms. The SMILES string of the molecule is COc1ccc([C@@H](CC(C)C)NC(=O)[C@H](C)Oc2ccccc2C(C)C)cc1. The molecule has 0 spiro atoms. The molecule has 152 valence electrons. The van der Waals surface area contributed by atoms with Crippen LogP contribution in [0.25, 0.3) is 0 Å². The average Bonchev–Trinajstić information content (AvgIpc) is 2.67. The van der Waals surface area contributed by atoms with Gasteiger partial charge in [-0.05, 0) is 54.5 Å². The van der Waals surface area contributed by atoms with Gasteiger partial charge < -0.3 is 14.8 Å². The first-order valence-corrected chi connectivity index (χ1v) is 10.0. The predicted octanol–water partition coefficient (Wildman–Crippen LogP) is 5.49. The van der Waals surface area contributed by atoms with Gasteiger partial charge in [0.15, 0.2) is 6.10 Å². The monoisotopic (exact) mass is 383 g/mol. The topological polar surface area (TPSA) is 47.6 Å². The third kappa shape index (κ3) is 6.01. The van der Waals surface area contributed by atoms with Gasteiger partial charge in [0.25, 0.3) is 5.91 Å². The Hall–Kier alpha value is -2.49. The number of carbonyl (C=O) groups is 1. The van der Waals surface area contributed by atoms with Crippen molar-refractivity contribution < 1.29 is 14.3 Å². The standard InChI is InChI=1S/C24H33NO3/c1-16(2)15-22(19-11-13-20(27-6)14-12-19)25-24(26)18(5)28-23-10-8-7-9-21(23)17(3)4/h7-14,16-18,22H,15H2,1-6H3,(H,25,26)/t18-,22+/m0/s1. The molecule has 0 saturated carbocycles. The molecule has 2 aromatic carbocycles. The molecule has 0 aliphatic rings. The Kier molecular flexibility index (Phi) is 7.91. The Morgan fingerprint density at radius 1 is 0.964 bits per heavy atom. The lowest BCUT2D eigenvalue weighted by atomic mass is 9.96. The molecule has 0 unspecified atom stereocenters. The molecule has 2 atom stereocenters. The van der Waals surface area contributed by atoms with Gasteiger partial charge in [-0.25, -0.2) is 0 Å². The summed E-state index contributed by atoms with van der Waals surface area (Å²) in [5.74, 6) is 2.25. The van der Waals surface area contributed by atoms with Crippen molar-refractivity contribution >= 4 is 5.91 Å². The van der Waals surface area contributed by atoms with E-state index in [1.165, 1.54) is 0 Å². The second-order valence-electron chi connectivity index (χ2n) is 7.92. The van der Waals surface area contributed by atoms with Gasteiger partial charge >= 0.3 is 0 Å². The normalized spacial score (nSPS) is 13.3. The van der Waals surface area contributed by atoms with Crippen molar-refractivity contribution in [2.24, 2.45) is 5.92 Å². The van der Waals surface area contributed by atoms with Crippen LogP contribution in [0.1, 0.15) is 64.1 Å². The van der Waals surface area contributed by atoms with Crippen molar-refractivity contribution in [1.82, 2.24) is 5.32 Å². The first kappa shape index (κ1) is 21.8. The molecule has 28 heavy (non-hydrogen) atoms. The highest BCUT2D eigenvalue weighted by Gasteiger charge is 2.22. The lowest BCUT2D eigenvalue weighted by molar-refractivity contribution is -0.128. The number of hydrogen-bond donors (Lipinski definition) is 1. The highest BCUT2D eigenvalue weighted by Crippen LogP contribution is 2.27. The van der Waals surface area contributed by atoms with Crippen LogP contribution in [-0.4, -0.2) is 19.1 Å². The Bertz CT molecular complexity index is 753. The number of hydrogen-bond acceptors (Lipinski definition) is 3. The lowest BCUT2D eigenvalue weighted by Crippen LogP contribution is -2.39. The van der Waals surface area contributed by atoms with E-state index in [1.807, 2.05) is 48.5 Å². The van der Waals surface area contributed by atoms with E-state index >= 15 is 0 Å². The summed E-state index contributed by atoms with van der Waals surface area (Å²) in [6.07, 6.45) is 0.278. The molecule has 0 aliphatic carbocycles. The van der Waals surface area contributed by atoms with Crippen molar-refractivity contribution in [1.29, 1.82) is 0 Å². The maximum atomic E-state index is 12.9. The fourth-order valence-electron chi connectivity index (χ4n) is 3.18. The van der Waals surface area contributed by atoms with Gasteiger partial charge in [-0.15, -0.1) is 0 Å². The Balaban J connectivity index is 2.11. The second-order valence-corrected chi connectivity index (χ2v) is 7.92. The van der Waals surface area contributed by atoms with Crippen molar-refractivity contribution in [3.05, 3.63) is 59.7 Å². The fourth-order valence-corrected chi connectivity index (χ4v) is 3.18. The largest absolute Gasteiger partial charge is 0.497 e. The van der Waals surface area contributed by atoms with Crippen LogP contribution < -0.4 is 14.8 Å². The smallest absolute Gasteiger partial charge is 0.261 e. The zero-order valence-electron chi connectivity index (χ0n) is 17.9. The van der Waals surface area contributed by atoms with Crippen LogP contribution in [0.5, 0.6) is 11.5 Å². The summed E-state index contributed by atoms with van der Waals surface area (Å²) in [7, 11) is 1.65. The molecular formula is C24H33NO3. The summed E-state index contributed by atoms with van der Waals surface area (Å²) in [4.78, 5) is 12.9. The predicted molar refractivity (Wildman–Crippen MR) is 114 cm³/mol. The molecule has 2 rings (SSSR count). The van der Waals surface area contributed by atoms with Crippen LogP contribution >= 0.6 is 0 Å². The summed E-state index contributed by atoms with van der Waals surface area (Å²) >= 11 is 0. The zero-order valence-corrected chi connectivity index (χ0v) is 17.9. The van der Waals surface area contributed by atoms with E-state index in [4.69, 9.17) is 9.47 Å². The number of carbonyl (C=O) groups excluding carboxylic acids is 1. The molecule has 0 radical (unpaired) electrons. The van der Waals surface area contributed by atoms with Crippen LogP contribution in [0.4, 0.5) is 0 Å². The molecule has 2 aromatic rings. The zero-order chi connectivity index (χ0) is 20.7. The number of ether oxygens (including phenoxy) is 2. The summed E-state index contributed by atoms with van der Waals surface area (Å²) < 4.78 is 11.3. The Morgan fingerprint density at radius 2 is 1.61 bits per heavy atom. The number of nitrogens with one attached hydrogen (secondary N) is 1. The highest BCUT2D eigenvalue weighted by molar-refractivity contribution is 5.81. The van der Waals surface area contributed by atoms with Crippen molar-refractivity contribution in [3.8, 4) is 11.5 Å². The van der Waals surface area contributed by atoms with Gasteiger partial charge in [0.05, 0.1) is 13.2 Å². The van der Waals surface area contributed by atoms with Crippen LogP contribution in [-0.2, 0) is 4.79 Å².